The summed E-state index contributed by atoms with van der Waals surface area (Å²) in [6.45, 7) is 1.75. The summed E-state index contributed by atoms with van der Waals surface area (Å²) in [4.78, 5) is 12.0. The summed E-state index contributed by atoms with van der Waals surface area (Å²) in [7, 11) is 0. The maximum Gasteiger partial charge on any atom is 0.215 e. The van der Waals surface area contributed by atoms with Crippen molar-refractivity contribution < 1.29 is 9.32 Å². The molecule has 82 valence electrons. The molecule has 0 saturated carbocycles. The smallest absolute Gasteiger partial charge is 0.215 e. The Morgan fingerprint density at radius 2 is 2.06 bits per heavy atom. The van der Waals surface area contributed by atoms with Crippen LogP contribution in [0.2, 0.25) is 10.0 Å². The van der Waals surface area contributed by atoms with Crippen molar-refractivity contribution in [2.24, 2.45) is 0 Å². The first-order chi connectivity index (χ1) is 7.59. The van der Waals surface area contributed by atoms with Gasteiger partial charge in [-0.05, 0) is 25.1 Å². The van der Waals surface area contributed by atoms with E-state index in [-0.39, 0.29) is 5.78 Å². The van der Waals surface area contributed by atoms with E-state index in [4.69, 9.17) is 27.7 Å². The monoisotopic (exact) mass is 255 g/mol. The lowest BCUT2D eigenvalue weighted by Crippen LogP contribution is -2.03. The normalized spacial score (nSPS) is 10.4. The zero-order valence-corrected chi connectivity index (χ0v) is 9.84. The summed E-state index contributed by atoms with van der Waals surface area (Å²) in [6, 6.07) is 4.69. The van der Waals surface area contributed by atoms with Crippen molar-refractivity contribution in [1.82, 2.24) is 5.16 Å². The first-order valence-electron chi connectivity index (χ1n) is 4.50. The SMILES string of the molecule is Cc1conc1C(=O)c1ccc(Cl)c(Cl)c1. The molecule has 0 aliphatic carbocycles. The van der Waals surface area contributed by atoms with Crippen LogP contribution in [0.25, 0.3) is 0 Å². The average molecular weight is 256 g/mol. The van der Waals surface area contributed by atoms with Gasteiger partial charge >= 0.3 is 0 Å². The molecule has 3 nitrogen and oxygen atoms in total. The summed E-state index contributed by atoms with van der Waals surface area (Å²) in [5, 5.41) is 4.40. The van der Waals surface area contributed by atoms with Crippen LogP contribution in [-0.2, 0) is 0 Å². The Morgan fingerprint density at radius 1 is 1.31 bits per heavy atom. The first-order valence-corrected chi connectivity index (χ1v) is 5.26. The van der Waals surface area contributed by atoms with Gasteiger partial charge in [-0.25, -0.2) is 0 Å². The van der Waals surface area contributed by atoms with Crippen molar-refractivity contribution in [3.63, 3.8) is 0 Å². The Hall–Kier alpha value is -1.32. The number of hydrogen-bond acceptors (Lipinski definition) is 3. The number of rotatable bonds is 2. The topological polar surface area (TPSA) is 43.1 Å². The number of nitrogens with zero attached hydrogens (tertiary/aromatic N) is 1. The van der Waals surface area contributed by atoms with Gasteiger partial charge < -0.3 is 4.52 Å². The molecule has 5 heteroatoms. The van der Waals surface area contributed by atoms with Crippen LogP contribution < -0.4 is 0 Å². The number of halogens is 2. The van der Waals surface area contributed by atoms with E-state index in [9.17, 15) is 4.79 Å². The van der Waals surface area contributed by atoms with Gasteiger partial charge in [0.05, 0.1) is 10.0 Å². The fourth-order valence-electron chi connectivity index (χ4n) is 1.28. The van der Waals surface area contributed by atoms with Crippen molar-refractivity contribution >= 4 is 29.0 Å². The molecular formula is C11H7Cl2NO2. The second-order valence-corrected chi connectivity index (χ2v) is 4.12. The summed E-state index contributed by atoms with van der Waals surface area (Å²) in [5.41, 5.74) is 1.42. The molecule has 0 fully saturated rings. The maximum absolute atomic E-state index is 12.0. The van der Waals surface area contributed by atoms with Crippen molar-refractivity contribution in [3.05, 3.63) is 51.3 Å². The molecule has 1 aromatic carbocycles. The van der Waals surface area contributed by atoms with Gasteiger partial charge in [-0.3, -0.25) is 4.79 Å². The lowest BCUT2D eigenvalue weighted by molar-refractivity contribution is 0.103. The second kappa shape index (κ2) is 4.28. The molecule has 1 heterocycles. The van der Waals surface area contributed by atoms with Crippen LogP contribution in [0.15, 0.2) is 29.0 Å². The highest BCUT2D eigenvalue weighted by atomic mass is 35.5. The first kappa shape index (κ1) is 11.2. The predicted octanol–water partition coefficient (Wildman–Crippen LogP) is 3.52. The molecule has 0 aliphatic heterocycles. The molecule has 2 aromatic rings. The molecule has 16 heavy (non-hydrogen) atoms. The van der Waals surface area contributed by atoms with Crippen molar-refractivity contribution in [2.45, 2.75) is 6.92 Å². The van der Waals surface area contributed by atoms with Crippen LogP contribution >= 0.6 is 23.2 Å². The quantitative estimate of drug-likeness (QED) is 0.772. The van der Waals surface area contributed by atoms with Gasteiger partial charge in [-0.15, -0.1) is 0 Å². The van der Waals surface area contributed by atoms with E-state index in [1.165, 1.54) is 12.3 Å². The molecule has 0 aliphatic rings. The fraction of sp³-hybridized carbons (Fsp3) is 0.0909. The van der Waals surface area contributed by atoms with Crippen LogP contribution in [0, 0.1) is 6.92 Å². The third kappa shape index (κ3) is 1.96. The third-order valence-electron chi connectivity index (χ3n) is 2.14. The standard InChI is InChI=1S/C11H7Cl2NO2/c1-6-5-16-14-10(6)11(15)7-2-3-8(12)9(13)4-7/h2-5H,1H3. The Balaban J connectivity index is 2.42. The highest BCUT2D eigenvalue weighted by molar-refractivity contribution is 6.42. The number of aromatic nitrogens is 1. The number of carbonyl (C=O) groups excluding carboxylic acids is 1. The minimum Gasteiger partial charge on any atom is -0.364 e. The van der Waals surface area contributed by atoms with Crippen LogP contribution in [0.5, 0.6) is 0 Å². The van der Waals surface area contributed by atoms with Crippen LogP contribution in [0.4, 0.5) is 0 Å². The van der Waals surface area contributed by atoms with E-state index in [0.29, 0.717) is 26.9 Å². The van der Waals surface area contributed by atoms with Crippen molar-refractivity contribution in [1.29, 1.82) is 0 Å². The zero-order chi connectivity index (χ0) is 11.7. The molecule has 0 unspecified atom stereocenters. The Morgan fingerprint density at radius 3 is 2.62 bits per heavy atom. The van der Waals surface area contributed by atoms with Crippen molar-refractivity contribution in [3.8, 4) is 0 Å². The van der Waals surface area contributed by atoms with E-state index in [1.807, 2.05) is 0 Å². The van der Waals surface area contributed by atoms with Gasteiger partial charge in [0.25, 0.3) is 0 Å². The van der Waals surface area contributed by atoms with E-state index in [1.54, 1.807) is 19.1 Å². The predicted molar refractivity (Wildman–Crippen MR) is 61.1 cm³/mol. The van der Waals surface area contributed by atoms with Crippen LogP contribution in [0.1, 0.15) is 21.6 Å². The minimum absolute atomic E-state index is 0.232. The molecular weight excluding hydrogens is 249 g/mol. The Labute approximate surface area is 102 Å². The fourth-order valence-corrected chi connectivity index (χ4v) is 1.58. The van der Waals surface area contributed by atoms with Gasteiger partial charge in [0, 0.05) is 11.1 Å². The summed E-state index contributed by atoms with van der Waals surface area (Å²) >= 11 is 11.6. The summed E-state index contributed by atoms with van der Waals surface area (Å²) in [6.07, 6.45) is 1.42. The van der Waals surface area contributed by atoms with E-state index in [2.05, 4.69) is 5.16 Å². The number of hydrogen-bond donors (Lipinski definition) is 0. The number of benzene rings is 1. The molecule has 0 atom stereocenters. The van der Waals surface area contributed by atoms with Gasteiger partial charge in [0.15, 0.2) is 5.69 Å². The Kier molecular flexibility index (Phi) is 2.99. The second-order valence-electron chi connectivity index (χ2n) is 3.30. The largest absolute Gasteiger partial charge is 0.364 e. The average Bonchev–Trinajstić information content (AvgIpc) is 2.67. The van der Waals surface area contributed by atoms with Gasteiger partial charge in [0.2, 0.25) is 5.78 Å². The maximum atomic E-state index is 12.0. The molecule has 2 rings (SSSR count). The van der Waals surface area contributed by atoms with E-state index >= 15 is 0 Å². The zero-order valence-electron chi connectivity index (χ0n) is 8.33. The highest BCUT2D eigenvalue weighted by Gasteiger charge is 2.16. The highest BCUT2D eigenvalue weighted by Crippen LogP contribution is 2.24. The molecule has 0 N–H and O–H groups in total. The number of aryl methyl sites for hydroxylation is 1. The number of carbonyl (C=O) groups is 1. The molecule has 0 amide bonds. The number of ketones is 1. The minimum atomic E-state index is -0.232. The lowest BCUT2D eigenvalue weighted by atomic mass is 10.1. The summed E-state index contributed by atoms with van der Waals surface area (Å²) < 4.78 is 4.71. The molecule has 0 spiro atoms. The lowest BCUT2D eigenvalue weighted by Gasteiger charge is -2.00. The third-order valence-corrected chi connectivity index (χ3v) is 2.88. The van der Waals surface area contributed by atoms with Crippen molar-refractivity contribution in [2.75, 3.05) is 0 Å². The van der Waals surface area contributed by atoms with E-state index in [0.717, 1.165) is 0 Å². The summed E-state index contributed by atoms with van der Waals surface area (Å²) in [5.74, 6) is -0.232. The molecule has 0 saturated heterocycles. The van der Waals surface area contributed by atoms with Gasteiger partial charge in [0.1, 0.15) is 6.26 Å². The van der Waals surface area contributed by atoms with E-state index < -0.39 is 0 Å². The van der Waals surface area contributed by atoms with Gasteiger partial charge in [-0.2, -0.15) is 0 Å². The van der Waals surface area contributed by atoms with Gasteiger partial charge in [-0.1, -0.05) is 28.4 Å². The van der Waals surface area contributed by atoms with Crippen LogP contribution in [0.3, 0.4) is 0 Å². The molecule has 1 aromatic heterocycles. The molecule has 0 radical (unpaired) electrons. The molecule has 0 bridgehead atoms. The van der Waals surface area contributed by atoms with Crippen LogP contribution in [-0.4, -0.2) is 10.9 Å². The Bertz CT molecular complexity index is 549.